The molecule has 6 nitrogen and oxygen atoms in total. The molecule has 0 aromatic carbocycles. The van der Waals surface area contributed by atoms with Gasteiger partial charge in [0.15, 0.2) is 10.8 Å². The standard InChI is InChI=1S/C18H30N6S/c1-14-15-16(23(3)21-14)20-17(25-15)19-13-18(7-5-4-6-8-18)24-11-9-22(2)10-12-24/h4-13H2,1-3H3,(H,19,20). The van der Waals surface area contributed by atoms with Crippen molar-refractivity contribution in [3.05, 3.63) is 5.69 Å². The third kappa shape index (κ3) is 3.29. The fraction of sp³-hybridized carbons (Fsp3) is 0.778. The maximum atomic E-state index is 4.79. The first-order valence-electron chi connectivity index (χ1n) is 9.55. The lowest BCUT2D eigenvalue weighted by Crippen LogP contribution is -2.60. The Kier molecular flexibility index (Phi) is 4.73. The van der Waals surface area contributed by atoms with Gasteiger partial charge >= 0.3 is 0 Å². The van der Waals surface area contributed by atoms with Crippen molar-refractivity contribution in [2.24, 2.45) is 7.05 Å². The highest BCUT2D eigenvalue weighted by molar-refractivity contribution is 7.22. The summed E-state index contributed by atoms with van der Waals surface area (Å²) in [6.07, 6.45) is 6.74. The second-order valence-corrected chi connectivity index (χ2v) is 8.81. The average molecular weight is 363 g/mol. The van der Waals surface area contributed by atoms with Gasteiger partial charge in [0.1, 0.15) is 0 Å². The first-order valence-corrected chi connectivity index (χ1v) is 10.4. The summed E-state index contributed by atoms with van der Waals surface area (Å²) >= 11 is 1.75. The van der Waals surface area contributed by atoms with Crippen LogP contribution in [0.15, 0.2) is 0 Å². The molecule has 0 atom stereocenters. The minimum Gasteiger partial charge on any atom is -0.360 e. The number of anilines is 1. The lowest BCUT2D eigenvalue weighted by Gasteiger charge is -2.49. The van der Waals surface area contributed by atoms with Gasteiger partial charge in [-0.2, -0.15) is 5.10 Å². The predicted molar refractivity (Wildman–Crippen MR) is 104 cm³/mol. The van der Waals surface area contributed by atoms with Crippen LogP contribution in [-0.4, -0.2) is 69.9 Å². The molecule has 1 N–H and O–H groups in total. The summed E-state index contributed by atoms with van der Waals surface area (Å²) in [6.45, 7) is 7.85. The summed E-state index contributed by atoms with van der Waals surface area (Å²) in [5.74, 6) is 0. The number of aryl methyl sites for hydroxylation is 2. The molecule has 138 valence electrons. The summed E-state index contributed by atoms with van der Waals surface area (Å²) < 4.78 is 3.10. The zero-order chi connectivity index (χ0) is 17.4. The van der Waals surface area contributed by atoms with E-state index in [1.54, 1.807) is 11.3 Å². The predicted octanol–water partition coefficient (Wildman–Crippen LogP) is 2.70. The van der Waals surface area contributed by atoms with Gasteiger partial charge in [-0.3, -0.25) is 4.90 Å². The Morgan fingerprint density at radius 2 is 1.80 bits per heavy atom. The molecule has 1 aliphatic heterocycles. The van der Waals surface area contributed by atoms with Crippen molar-refractivity contribution >= 4 is 26.8 Å². The smallest absolute Gasteiger partial charge is 0.185 e. The molecule has 0 spiro atoms. The summed E-state index contributed by atoms with van der Waals surface area (Å²) in [6, 6.07) is 0. The van der Waals surface area contributed by atoms with Gasteiger partial charge in [0.2, 0.25) is 0 Å². The Morgan fingerprint density at radius 3 is 2.48 bits per heavy atom. The molecule has 2 fully saturated rings. The summed E-state index contributed by atoms with van der Waals surface area (Å²) in [4.78, 5) is 10.00. The Balaban J connectivity index is 1.51. The molecule has 1 saturated heterocycles. The Morgan fingerprint density at radius 1 is 1.08 bits per heavy atom. The molecule has 2 aromatic rings. The summed E-state index contributed by atoms with van der Waals surface area (Å²) in [5.41, 5.74) is 2.39. The van der Waals surface area contributed by atoms with Crippen LogP contribution in [0.5, 0.6) is 0 Å². The molecule has 0 bridgehead atoms. The van der Waals surface area contributed by atoms with E-state index in [-0.39, 0.29) is 0 Å². The normalized spacial score (nSPS) is 22.5. The molecule has 25 heavy (non-hydrogen) atoms. The van der Waals surface area contributed by atoms with Gasteiger partial charge in [-0.25, -0.2) is 9.67 Å². The molecule has 1 saturated carbocycles. The van der Waals surface area contributed by atoms with Gasteiger partial charge in [0, 0.05) is 45.3 Å². The number of thiazole rings is 1. The fourth-order valence-corrected chi connectivity index (χ4v) is 5.42. The quantitative estimate of drug-likeness (QED) is 0.906. The second-order valence-electron chi connectivity index (χ2n) is 7.81. The highest BCUT2D eigenvalue weighted by atomic mass is 32.1. The van der Waals surface area contributed by atoms with Crippen LogP contribution in [0.2, 0.25) is 0 Å². The van der Waals surface area contributed by atoms with Crippen molar-refractivity contribution < 1.29 is 0 Å². The van der Waals surface area contributed by atoms with E-state index in [0.717, 1.165) is 23.0 Å². The Labute approximate surface area is 154 Å². The van der Waals surface area contributed by atoms with Crippen LogP contribution in [0.4, 0.5) is 5.13 Å². The minimum atomic E-state index is 0.310. The topological polar surface area (TPSA) is 49.2 Å². The van der Waals surface area contributed by atoms with Crippen LogP contribution in [0, 0.1) is 6.92 Å². The van der Waals surface area contributed by atoms with Crippen LogP contribution in [0.1, 0.15) is 37.8 Å². The molecule has 3 heterocycles. The van der Waals surface area contributed by atoms with Gasteiger partial charge in [0.05, 0.1) is 10.4 Å². The first-order chi connectivity index (χ1) is 12.1. The zero-order valence-corrected chi connectivity index (χ0v) is 16.5. The molecular weight excluding hydrogens is 332 g/mol. The van der Waals surface area contributed by atoms with Gasteiger partial charge in [-0.1, -0.05) is 30.6 Å². The van der Waals surface area contributed by atoms with Crippen molar-refractivity contribution in [1.29, 1.82) is 0 Å². The Hall–Kier alpha value is -1.18. The number of nitrogens with one attached hydrogen (secondary N) is 1. The van der Waals surface area contributed by atoms with E-state index in [1.165, 1.54) is 63.0 Å². The van der Waals surface area contributed by atoms with E-state index in [2.05, 4.69) is 34.2 Å². The van der Waals surface area contributed by atoms with Gasteiger partial charge in [0.25, 0.3) is 0 Å². The van der Waals surface area contributed by atoms with E-state index >= 15 is 0 Å². The highest BCUT2D eigenvalue weighted by Gasteiger charge is 2.39. The molecule has 4 rings (SSSR count). The van der Waals surface area contributed by atoms with Crippen LogP contribution in [-0.2, 0) is 7.05 Å². The highest BCUT2D eigenvalue weighted by Crippen LogP contribution is 2.36. The number of rotatable bonds is 4. The van der Waals surface area contributed by atoms with Gasteiger partial charge in [-0.05, 0) is 26.8 Å². The lowest BCUT2D eigenvalue weighted by atomic mass is 9.79. The molecule has 0 unspecified atom stereocenters. The maximum absolute atomic E-state index is 4.79. The molecule has 0 radical (unpaired) electrons. The minimum absolute atomic E-state index is 0.310. The number of hydrogen-bond acceptors (Lipinski definition) is 6. The third-order valence-electron chi connectivity index (χ3n) is 6.07. The van der Waals surface area contributed by atoms with E-state index in [4.69, 9.17) is 4.98 Å². The SMILES string of the molecule is Cc1nn(C)c2nc(NCC3(N4CCN(C)CC4)CCCCC3)sc12. The number of fused-ring (bicyclic) bond motifs is 1. The number of piperazine rings is 1. The van der Waals surface area contributed by atoms with E-state index < -0.39 is 0 Å². The third-order valence-corrected chi connectivity index (χ3v) is 7.18. The van der Waals surface area contributed by atoms with Crippen LogP contribution >= 0.6 is 11.3 Å². The molecule has 2 aromatic heterocycles. The zero-order valence-electron chi connectivity index (χ0n) is 15.7. The van der Waals surface area contributed by atoms with Crippen molar-refractivity contribution in [3.63, 3.8) is 0 Å². The van der Waals surface area contributed by atoms with E-state index in [0.29, 0.717) is 5.54 Å². The average Bonchev–Trinajstić information content (AvgIpc) is 3.16. The molecule has 0 amide bonds. The summed E-state index contributed by atoms with van der Waals surface area (Å²) in [7, 11) is 4.21. The maximum Gasteiger partial charge on any atom is 0.185 e. The Bertz CT molecular complexity index is 687. The van der Waals surface area contributed by atoms with Crippen molar-refractivity contribution in [1.82, 2.24) is 24.6 Å². The van der Waals surface area contributed by atoms with Gasteiger partial charge in [-0.15, -0.1) is 0 Å². The van der Waals surface area contributed by atoms with Crippen LogP contribution in [0.25, 0.3) is 10.3 Å². The van der Waals surface area contributed by atoms with Crippen molar-refractivity contribution in [2.45, 2.75) is 44.6 Å². The summed E-state index contributed by atoms with van der Waals surface area (Å²) in [5, 5.41) is 9.21. The second kappa shape index (κ2) is 6.85. The van der Waals surface area contributed by atoms with Crippen LogP contribution < -0.4 is 5.32 Å². The fourth-order valence-electron chi connectivity index (χ4n) is 4.50. The first kappa shape index (κ1) is 17.2. The molecule has 1 aliphatic carbocycles. The molecular formula is C18H30N6S. The van der Waals surface area contributed by atoms with Crippen molar-refractivity contribution in [2.75, 3.05) is 45.1 Å². The molecule has 7 heteroatoms. The largest absolute Gasteiger partial charge is 0.360 e. The van der Waals surface area contributed by atoms with Gasteiger partial charge < -0.3 is 10.2 Å². The van der Waals surface area contributed by atoms with E-state index in [9.17, 15) is 0 Å². The number of hydrogen-bond donors (Lipinski definition) is 1. The van der Waals surface area contributed by atoms with E-state index in [1.807, 2.05) is 11.7 Å². The number of likely N-dealkylation sites (N-methyl/N-ethyl adjacent to an activating group) is 1. The van der Waals surface area contributed by atoms with Crippen molar-refractivity contribution in [3.8, 4) is 0 Å². The molecule has 2 aliphatic rings. The van der Waals surface area contributed by atoms with Crippen LogP contribution in [0.3, 0.4) is 0 Å². The lowest BCUT2D eigenvalue weighted by molar-refractivity contribution is 0.0221. The monoisotopic (exact) mass is 362 g/mol. The number of aromatic nitrogens is 3. The number of nitrogens with zero attached hydrogens (tertiary/aromatic N) is 5.